The van der Waals surface area contributed by atoms with E-state index in [9.17, 15) is 13.5 Å². The Morgan fingerprint density at radius 2 is 2.27 bits per heavy atom. The van der Waals surface area contributed by atoms with Crippen LogP contribution in [0.15, 0.2) is 18.3 Å². The van der Waals surface area contributed by atoms with E-state index >= 15 is 0 Å². The molecule has 1 aromatic heterocycles. The molecule has 0 aliphatic carbocycles. The summed E-state index contributed by atoms with van der Waals surface area (Å²) >= 11 is 5.64. The van der Waals surface area contributed by atoms with E-state index in [0.717, 1.165) is 6.26 Å². The first-order valence-corrected chi connectivity index (χ1v) is 6.79. The van der Waals surface area contributed by atoms with Crippen molar-refractivity contribution < 1.29 is 13.5 Å². The van der Waals surface area contributed by atoms with E-state index in [1.54, 1.807) is 6.07 Å². The van der Waals surface area contributed by atoms with Crippen LogP contribution in [0.5, 0.6) is 0 Å². The predicted molar refractivity (Wildman–Crippen MR) is 58.5 cm³/mol. The minimum atomic E-state index is -3.05. The first-order valence-electron chi connectivity index (χ1n) is 4.36. The number of halogens is 1. The van der Waals surface area contributed by atoms with Gasteiger partial charge in [0.25, 0.3) is 0 Å². The molecule has 0 aromatic carbocycles. The Morgan fingerprint density at radius 1 is 1.60 bits per heavy atom. The van der Waals surface area contributed by atoms with Crippen molar-refractivity contribution in [2.75, 3.05) is 12.0 Å². The number of aromatic nitrogens is 1. The Balaban J connectivity index is 2.65. The van der Waals surface area contributed by atoms with Gasteiger partial charge in [-0.2, -0.15) is 0 Å². The lowest BCUT2D eigenvalue weighted by atomic mass is 10.1. The molecule has 1 unspecified atom stereocenters. The molecule has 1 rings (SSSR count). The lowest BCUT2D eigenvalue weighted by Crippen LogP contribution is -2.08. The van der Waals surface area contributed by atoms with Gasteiger partial charge in [0.1, 0.15) is 15.0 Å². The van der Waals surface area contributed by atoms with Gasteiger partial charge in [-0.05, 0) is 24.1 Å². The number of aliphatic hydroxyl groups excluding tert-OH is 1. The van der Waals surface area contributed by atoms with Crippen LogP contribution in [0.2, 0.25) is 5.15 Å². The van der Waals surface area contributed by atoms with Gasteiger partial charge in [-0.3, -0.25) is 0 Å². The van der Waals surface area contributed by atoms with Crippen molar-refractivity contribution in [1.82, 2.24) is 4.98 Å². The minimum absolute atomic E-state index is 0.0475. The molecule has 1 heterocycles. The predicted octanol–water partition coefficient (Wildman–Crippen LogP) is 1.20. The molecule has 4 nitrogen and oxygen atoms in total. The Hall–Kier alpha value is -0.650. The summed E-state index contributed by atoms with van der Waals surface area (Å²) in [6.45, 7) is 0. The van der Waals surface area contributed by atoms with Crippen LogP contribution >= 0.6 is 11.6 Å². The summed E-state index contributed by atoms with van der Waals surface area (Å²) in [5, 5.41) is 9.94. The molecule has 0 amide bonds. The molecule has 1 atom stereocenters. The number of rotatable bonds is 4. The summed E-state index contributed by atoms with van der Waals surface area (Å²) in [5.41, 5.74) is 0.582. The number of aliphatic hydroxyl groups is 1. The summed E-state index contributed by atoms with van der Waals surface area (Å²) in [6.07, 6.45) is 1.96. The van der Waals surface area contributed by atoms with Gasteiger partial charge in [0.05, 0.1) is 11.9 Å². The lowest BCUT2D eigenvalue weighted by Gasteiger charge is -2.09. The van der Waals surface area contributed by atoms with Gasteiger partial charge in [-0.25, -0.2) is 13.4 Å². The van der Waals surface area contributed by atoms with E-state index in [-0.39, 0.29) is 17.3 Å². The van der Waals surface area contributed by atoms with E-state index in [0.29, 0.717) is 5.56 Å². The summed E-state index contributed by atoms with van der Waals surface area (Å²) in [4.78, 5) is 3.77. The van der Waals surface area contributed by atoms with Crippen molar-refractivity contribution in [2.24, 2.45) is 0 Å². The minimum Gasteiger partial charge on any atom is -0.388 e. The smallest absolute Gasteiger partial charge is 0.147 e. The highest BCUT2D eigenvalue weighted by Gasteiger charge is 2.11. The molecule has 0 saturated heterocycles. The molecule has 0 aliphatic rings. The third kappa shape index (κ3) is 4.59. The quantitative estimate of drug-likeness (QED) is 0.815. The second-order valence-corrected chi connectivity index (χ2v) is 5.99. The first kappa shape index (κ1) is 12.4. The highest BCUT2D eigenvalue weighted by atomic mass is 35.5. The molecule has 15 heavy (non-hydrogen) atoms. The monoisotopic (exact) mass is 249 g/mol. The van der Waals surface area contributed by atoms with Crippen LogP contribution in [0.4, 0.5) is 0 Å². The number of nitrogens with zero attached hydrogens (tertiary/aromatic N) is 1. The summed E-state index contributed by atoms with van der Waals surface area (Å²) in [5.74, 6) is -0.0475. The average Bonchev–Trinajstić information content (AvgIpc) is 2.13. The van der Waals surface area contributed by atoms with Gasteiger partial charge in [0.2, 0.25) is 0 Å². The zero-order chi connectivity index (χ0) is 11.5. The van der Waals surface area contributed by atoms with Gasteiger partial charge in [0, 0.05) is 12.5 Å². The van der Waals surface area contributed by atoms with Crippen LogP contribution in [0.1, 0.15) is 18.1 Å². The van der Waals surface area contributed by atoms with E-state index < -0.39 is 15.9 Å². The molecule has 6 heteroatoms. The molecule has 0 radical (unpaired) electrons. The normalized spacial score (nSPS) is 13.8. The number of sulfone groups is 1. The maximum atomic E-state index is 10.9. The van der Waals surface area contributed by atoms with Gasteiger partial charge >= 0.3 is 0 Å². The van der Waals surface area contributed by atoms with Crippen LogP contribution in [0, 0.1) is 0 Å². The number of hydrogen-bond donors (Lipinski definition) is 1. The fourth-order valence-corrected chi connectivity index (χ4v) is 1.95. The maximum absolute atomic E-state index is 10.9. The summed E-state index contributed by atoms with van der Waals surface area (Å²) in [6, 6.07) is 3.13. The van der Waals surface area contributed by atoms with Crippen molar-refractivity contribution in [3.05, 3.63) is 29.0 Å². The van der Waals surface area contributed by atoms with Gasteiger partial charge in [-0.15, -0.1) is 0 Å². The van der Waals surface area contributed by atoms with Crippen LogP contribution in [0.3, 0.4) is 0 Å². The molecule has 84 valence electrons. The van der Waals surface area contributed by atoms with Crippen LogP contribution < -0.4 is 0 Å². The largest absolute Gasteiger partial charge is 0.388 e. The van der Waals surface area contributed by atoms with Crippen LogP contribution in [-0.4, -0.2) is 30.5 Å². The fraction of sp³-hybridized carbons (Fsp3) is 0.444. The van der Waals surface area contributed by atoms with Gasteiger partial charge in [-0.1, -0.05) is 11.6 Å². The molecule has 0 aliphatic heterocycles. The second kappa shape index (κ2) is 4.92. The fourth-order valence-electron chi connectivity index (χ4n) is 1.12. The molecule has 0 bridgehead atoms. The highest BCUT2D eigenvalue weighted by molar-refractivity contribution is 7.90. The van der Waals surface area contributed by atoms with Gasteiger partial charge in [0.15, 0.2) is 0 Å². The molecule has 1 aromatic rings. The third-order valence-electron chi connectivity index (χ3n) is 1.90. The SMILES string of the molecule is CS(=O)(=O)CCC(O)c1ccnc(Cl)c1. The highest BCUT2D eigenvalue weighted by Crippen LogP contribution is 2.18. The van der Waals surface area contributed by atoms with E-state index in [1.165, 1.54) is 12.3 Å². The van der Waals surface area contributed by atoms with Crippen molar-refractivity contribution in [1.29, 1.82) is 0 Å². The van der Waals surface area contributed by atoms with Crippen LogP contribution in [-0.2, 0) is 9.84 Å². The Bertz CT molecular complexity index is 433. The standard InChI is InChI=1S/C9H12ClNO3S/c1-15(13,14)5-3-8(12)7-2-4-11-9(10)6-7/h2,4,6,8,12H,3,5H2,1H3. The zero-order valence-corrected chi connectivity index (χ0v) is 9.79. The van der Waals surface area contributed by atoms with Gasteiger partial charge < -0.3 is 5.11 Å². The van der Waals surface area contributed by atoms with Crippen LogP contribution in [0.25, 0.3) is 0 Å². The summed E-state index contributed by atoms with van der Waals surface area (Å²) < 4.78 is 21.8. The second-order valence-electron chi connectivity index (χ2n) is 3.35. The molecular formula is C9H12ClNO3S. The van der Waals surface area contributed by atoms with Crippen molar-refractivity contribution in [2.45, 2.75) is 12.5 Å². The number of hydrogen-bond acceptors (Lipinski definition) is 4. The number of pyridine rings is 1. The molecule has 0 fully saturated rings. The Morgan fingerprint density at radius 3 is 2.80 bits per heavy atom. The first-order chi connectivity index (χ1) is 6.88. The van der Waals surface area contributed by atoms with E-state index in [2.05, 4.69) is 4.98 Å². The maximum Gasteiger partial charge on any atom is 0.147 e. The third-order valence-corrected chi connectivity index (χ3v) is 3.08. The summed E-state index contributed by atoms with van der Waals surface area (Å²) in [7, 11) is -3.05. The van der Waals surface area contributed by atoms with E-state index in [4.69, 9.17) is 11.6 Å². The lowest BCUT2D eigenvalue weighted by molar-refractivity contribution is 0.174. The topological polar surface area (TPSA) is 67.3 Å². The van der Waals surface area contributed by atoms with Crippen molar-refractivity contribution >= 4 is 21.4 Å². The average molecular weight is 250 g/mol. The zero-order valence-electron chi connectivity index (χ0n) is 8.22. The Labute approximate surface area is 93.8 Å². The Kier molecular flexibility index (Phi) is 4.07. The van der Waals surface area contributed by atoms with E-state index in [1.807, 2.05) is 0 Å². The molecule has 0 spiro atoms. The molecule has 1 N–H and O–H groups in total. The van der Waals surface area contributed by atoms with Crippen molar-refractivity contribution in [3.8, 4) is 0 Å². The molecular weight excluding hydrogens is 238 g/mol. The molecule has 0 saturated carbocycles. The van der Waals surface area contributed by atoms with Crippen molar-refractivity contribution in [3.63, 3.8) is 0 Å².